The van der Waals surface area contributed by atoms with Crippen molar-refractivity contribution < 1.29 is 17.9 Å². The van der Waals surface area contributed by atoms with Crippen molar-refractivity contribution in [3.8, 4) is 5.75 Å². The van der Waals surface area contributed by atoms with Crippen LogP contribution < -0.4 is 20.1 Å². The van der Waals surface area contributed by atoms with Crippen molar-refractivity contribution >= 4 is 21.6 Å². The Bertz CT molecular complexity index is 653. The maximum absolute atomic E-state index is 12.3. The molecule has 2 heterocycles. The van der Waals surface area contributed by atoms with Crippen molar-refractivity contribution in [2.45, 2.75) is 23.8 Å². The highest BCUT2D eigenvalue weighted by Crippen LogP contribution is 2.29. The number of nitrogens with one attached hydrogen (secondary N) is 3. The fraction of sp³-hybridized carbons (Fsp3) is 0.462. The summed E-state index contributed by atoms with van der Waals surface area (Å²) in [6, 6.07) is 4.62. The third-order valence-corrected chi connectivity index (χ3v) is 5.00. The standard InChI is InChI=1S/C13H17N3O4S/c17-13-8-20-12-4-3-10(6-11(12)16-13)21(18,19)15-7-9-2-1-5-14-9/h3-4,6,9,14-15H,1-2,5,7-8H2,(H,16,17). The second kappa shape index (κ2) is 5.63. The van der Waals surface area contributed by atoms with E-state index in [4.69, 9.17) is 4.74 Å². The molecule has 0 aromatic heterocycles. The van der Waals surface area contributed by atoms with Gasteiger partial charge in [-0.2, -0.15) is 0 Å². The highest BCUT2D eigenvalue weighted by atomic mass is 32.2. The molecule has 1 amide bonds. The van der Waals surface area contributed by atoms with Gasteiger partial charge >= 0.3 is 0 Å². The maximum Gasteiger partial charge on any atom is 0.262 e. The van der Waals surface area contributed by atoms with Gasteiger partial charge in [0, 0.05) is 12.6 Å². The van der Waals surface area contributed by atoms with Gasteiger partial charge in [-0.25, -0.2) is 13.1 Å². The van der Waals surface area contributed by atoms with E-state index >= 15 is 0 Å². The van der Waals surface area contributed by atoms with Crippen molar-refractivity contribution in [1.82, 2.24) is 10.0 Å². The molecule has 21 heavy (non-hydrogen) atoms. The lowest BCUT2D eigenvalue weighted by atomic mass is 10.2. The van der Waals surface area contributed by atoms with Crippen LogP contribution in [0.2, 0.25) is 0 Å². The molecule has 1 unspecified atom stereocenters. The lowest BCUT2D eigenvalue weighted by Gasteiger charge is -2.19. The predicted octanol–water partition coefficient (Wildman–Crippen LogP) is 0.0478. The van der Waals surface area contributed by atoms with Crippen molar-refractivity contribution in [2.75, 3.05) is 25.0 Å². The van der Waals surface area contributed by atoms with Gasteiger partial charge in [0.05, 0.1) is 10.6 Å². The molecule has 0 radical (unpaired) electrons. The van der Waals surface area contributed by atoms with E-state index in [0.29, 0.717) is 18.0 Å². The lowest BCUT2D eigenvalue weighted by molar-refractivity contribution is -0.118. The van der Waals surface area contributed by atoms with Gasteiger partial charge in [-0.15, -0.1) is 0 Å². The lowest BCUT2D eigenvalue weighted by Crippen LogP contribution is -2.37. The minimum absolute atomic E-state index is 0.0509. The molecule has 1 atom stereocenters. The minimum atomic E-state index is -3.60. The fourth-order valence-electron chi connectivity index (χ4n) is 2.45. The Kier molecular flexibility index (Phi) is 3.83. The fourth-order valence-corrected chi connectivity index (χ4v) is 3.56. The normalized spacial score (nSPS) is 21.5. The Morgan fingerprint density at radius 1 is 1.38 bits per heavy atom. The maximum atomic E-state index is 12.3. The Labute approximate surface area is 123 Å². The van der Waals surface area contributed by atoms with Crippen LogP contribution in [0.15, 0.2) is 23.1 Å². The number of hydrogen-bond acceptors (Lipinski definition) is 5. The molecule has 0 saturated carbocycles. The molecule has 2 aliphatic heterocycles. The number of ether oxygens (including phenoxy) is 1. The molecule has 0 aliphatic carbocycles. The Morgan fingerprint density at radius 2 is 2.24 bits per heavy atom. The molecule has 1 fully saturated rings. The molecule has 1 aromatic rings. The number of carbonyl (C=O) groups is 1. The first-order chi connectivity index (χ1) is 10.0. The average molecular weight is 311 g/mol. The van der Waals surface area contributed by atoms with Gasteiger partial charge in [0.1, 0.15) is 5.75 Å². The third-order valence-electron chi connectivity index (χ3n) is 3.58. The molecule has 3 rings (SSSR count). The van der Waals surface area contributed by atoms with Gasteiger partial charge in [-0.05, 0) is 37.6 Å². The van der Waals surface area contributed by atoms with E-state index in [1.54, 1.807) is 6.07 Å². The molecular weight excluding hydrogens is 294 g/mol. The SMILES string of the molecule is O=C1COc2ccc(S(=O)(=O)NCC3CCCN3)cc2N1. The number of amides is 1. The van der Waals surface area contributed by atoms with Gasteiger partial charge in [-0.3, -0.25) is 4.79 Å². The smallest absolute Gasteiger partial charge is 0.262 e. The quantitative estimate of drug-likeness (QED) is 0.730. The summed E-state index contributed by atoms with van der Waals surface area (Å²) in [5.41, 5.74) is 0.383. The van der Waals surface area contributed by atoms with Gasteiger partial charge in [0.25, 0.3) is 5.91 Å². The third kappa shape index (κ3) is 3.17. The zero-order chi connectivity index (χ0) is 14.9. The molecule has 0 spiro atoms. The van der Waals surface area contributed by atoms with Crippen LogP contribution in [0.1, 0.15) is 12.8 Å². The summed E-state index contributed by atoms with van der Waals surface area (Å²) in [5.74, 6) is 0.186. The molecule has 0 bridgehead atoms. The summed E-state index contributed by atoms with van der Waals surface area (Å²) >= 11 is 0. The van der Waals surface area contributed by atoms with Crippen molar-refractivity contribution in [3.63, 3.8) is 0 Å². The predicted molar refractivity (Wildman–Crippen MR) is 76.8 cm³/mol. The van der Waals surface area contributed by atoms with Gasteiger partial charge in [0.15, 0.2) is 6.61 Å². The number of fused-ring (bicyclic) bond motifs is 1. The second-order valence-corrected chi connectivity index (χ2v) is 6.91. The Hall–Kier alpha value is -1.64. The monoisotopic (exact) mass is 311 g/mol. The summed E-state index contributed by atoms with van der Waals surface area (Å²) in [4.78, 5) is 11.4. The van der Waals surface area contributed by atoms with E-state index in [2.05, 4.69) is 15.4 Å². The van der Waals surface area contributed by atoms with Gasteiger partial charge in [-0.1, -0.05) is 0 Å². The Morgan fingerprint density at radius 3 is 3.00 bits per heavy atom. The highest BCUT2D eigenvalue weighted by molar-refractivity contribution is 7.89. The average Bonchev–Trinajstić information content (AvgIpc) is 2.98. The molecular formula is C13H17N3O4S. The number of carbonyl (C=O) groups excluding carboxylic acids is 1. The van der Waals surface area contributed by atoms with Crippen LogP contribution in [0.4, 0.5) is 5.69 Å². The molecule has 3 N–H and O–H groups in total. The first-order valence-corrected chi connectivity index (χ1v) is 8.33. The number of hydrogen-bond donors (Lipinski definition) is 3. The van der Waals surface area contributed by atoms with E-state index in [-0.39, 0.29) is 23.5 Å². The first kappa shape index (κ1) is 14.3. The zero-order valence-electron chi connectivity index (χ0n) is 11.4. The molecule has 7 nitrogen and oxygen atoms in total. The summed E-state index contributed by atoms with van der Waals surface area (Å²) in [6.45, 7) is 1.24. The largest absolute Gasteiger partial charge is 0.482 e. The highest BCUT2D eigenvalue weighted by Gasteiger charge is 2.22. The van der Waals surface area contributed by atoms with E-state index in [1.165, 1.54) is 12.1 Å². The second-order valence-electron chi connectivity index (χ2n) is 5.14. The van der Waals surface area contributed by atoms with Crippen LogP contribution in [-0.2, 0) is 14.8 Å². The zero-order valence-corrected chi connectivity index (χ0v) is 12.2. The van der Waals surface area contributed by atoms with Crippen molar-refractivity contribution in [2.24, 2.45) is 0 Å². The van der Waals surface area contributed by atoms with Crippen LogP contribution in [0.5, 0.6) is 5.75 Å². The van der Waals surface area contributed by atoms with E-state index in [1.807, 2.05) is 0 Å². The molecule has 8 heteroatoms. The number of benzene rings is 1. The van der Waals surface area contributed by atoms with Crippen molar-refractivity contribution in [3.05, 3.63) is 18.2 Å². The molecule has 1 aromatic carbocycles. The molecule has 2 aliphatic rings. The van der Waals surface area contributed by atoms with Crippen LogP contribution in [-0.4, -0.2) is 40.1 Å². The Balaban J connectivity index is 1.75. The van der Waals surface area contributed by atoms with E-state index in [0.717, 1.165) is 19.4 Å². The van der Waals surface area contributed by atoms with E-state index in [9.17, 15) is 13.2 Å². The summed E-state index contributed by atoms with van der Waals surface area (Å²) in [7, 11) is -3.60. The number of sulfonamides is 1. The van der Waals surface area contributed by atoms with Crippen LogP contribution >= 0.6 is 0 Å². The number of rotatable bonds is 4. The van der Waals surface area contributed by atoms with Crippen LogP contribution in [0, 0.1) is 0 Å². The van der Waals surface area contributed by atoms with Crippen LogP contribution in [0.3, 0.4) is 0 Å². The number of anilines is 1. The van der Waals surface area contributed by atoms with Gasteiger partial charge in [0.2, 0.25) is 10.0 Å². The van der Waals surface area contributed by atoms with Gasteiger partial charge < -0.3 is 15.4 Å². The minimum Gasteiger partial charge on any atom is -0.482 e. The summed E-state index contributed by atoms with van der Waals surface area (Å²) < 4.78 is 32.3. The van der Waals surface area contributed by atoms with Crippen LogP contribution in [0.25, 0.3) is 0 Å². The van der Waals surface area contributed by atoms with Crippen molar-refractivity contribution in [1.29, 1.82) is 0 Å². The summed E-state index contributed by atoms with van der Waals surface area (Å²) in [5, 5.41) is 5.83. The summed E-state index contributed by atoms with van der Waals surface area (Å²) in [6.07, 6.45) is 2.03. The molecule has 114 valence electrons. The first-order valence-electron chi connectivity index (χ1n) is 6.84. The van der Waals surface area contributed by atoms with E-state index < -0.39 is 10.0 Å². The topological polar surface area (TPSA) is 96.5 Å². The molecule has 1 saturated heterocycles.